The summed E-state index contributed by atoms with van der Waals surface area (Å²) in [4.78, 5) is 12.1. The summed E-state index contributed by atoms with van der Waals surface area (Å²) in [6.45, 7) is 0. The van der Waals surface area contributed by atoms with Crippen LogP contribution in [0.25, 0.3) is 0 Å². The van der Waals surface area contributed by atoms with E-state index in [1.165, 1.54) is 0 Å². The minimum absolute atomic E-state index is 0.484. The van der Waals surface area contributed by atoms with E-state index in [-0.39, 0.29) is 0 Å². The fourth-order valence-corrected chi connectivity index (χ4v) is 4.64. The molecule has 0 amide bonds. The number of nitrogens with zero attached hydrogens (tertiary/aromatic N) is 1. The second-order valence-electron chi connectivity index (χ2n) is 2.64. The Hall–Kier alpha value is -0.0100. The second-order valence-corrected chi connectivity index (χ2v) is 6.59. The number of hydrogen-bond acceptors (Lipinski definition) is 5. The lowest BCUT2D eigenvalue weighted by atomic mass is 10.3. The van der Waals surface area contributed by atoms with Gasteiger partial charge < -0.3 is 9.57 Å². The van der Waals surface area contributed by atoms with E-state index in [1.54, 1.807) is 7.11 Å². The number of benzene rings is 1. The highest BCUT2D eigenvalue weighted by molar-refractivity contribution is 7.65. The number of para-hydroxylation sites is 2. The Bertz CT molecular complexity index is 322. The molecule has 0 spiro atoms. The Morgan fingerprint density at radius 2 is 1.80 bits per heavy atom. The molecule has 2 N–H and O–H groups in total. The molecule has 1 aliphatic heterocycles. The van der Waals surface area contributed by atoms with Crippen LogP contribution in [-0.2, 0) is 0 Å². The van der Waals surface area contributed by atoms with Crippen LogP contribution >= 0.6 is 26.6 Å². The molecule has 8 heteroatoms. The first-order valence-electron chi connectivity index (χ1n) is 4.27. The molecule has 1 heterocycles. The molecule has 82 valence electrons. The van der Waals surface area contributed by atoms with Gasteiger partial charge in [0.2, 0.25) is 0 Å². The lowest BCUT2D eigenvalue weighted by Gasteiger charge is -2.26. The van der Waals surface area contributed by atoms with E-state index >= 15 is 0 Å². The molecule has 0 saturated carbocycles. The number of methoxy groups -OCH3 is 1. The quantitative estimate of drug-likeness (QED) is 0.817. The van der Waals surface area contributed by atoms with Crippen molar-refractivity contribution < 1.29 is 9.57 Å². The van der Waals surface area contributed by atoms with Gasteiger partial charge in [-0.15, -0.1) is 0 Å². The van der Waals surface area contributed by atoms with Crippen molar-refractivity contribution >= 4 is 26.6 Å². The molecule has 2 unspecified atom stereocenters. The van der Waals surface area contributed by atoms with Gasteiger partial charge in [-0.2, -0.15) is 0 Å². The van der Waals surface area contributed by atoms with Gasteiger partial charge in [0.25, 0.3) is 0 Å². The first-order valence-corrected chi connectivity index (χ1v) is 7.17. The van der Waals surface area contributed by atoms with Crippen LogP contribution in [0.4, 0.5) is 0 Å². The van der Waals surface area contributed by atoms with Crippen molar-refractivity contribution in [3.63, 3.8) is 0 Å². The van der Waals surface area contributed by atoms with E-state index in [2.05, 4.69) is 9.72 Å². The molecule has 0 aromatic heterocycles. The summed E-state index contributed by atoms with van der Waals surface area (Å²) in [6, 6.07) is 7.62. The van der Waals surface area contributed by atoms with Crippen LogP contribution < -0.4 is 19.3 Å². The van der Waals surface area contributed by atoms with E-state index in [0.29, 0.717) is 26.6 Å². The lowest BCUT2D eigenvalue weighted by molar-refractivity contribution is 0.139. The first-order chi connectivity index (χ1) is 7.40. The second kappa shape index (κ2) is 5.91. The van der Waals surface area contributed by atoms with E-state index < -0.39 is 0 Å². The number of nitrogens with one attached hydrogen (secondary N) is 2. The molecule has 1 aromatic rings. The average Bonchev–Trinajstić information content (AvgIpc) is 2.31. The summed E-state index contributed by atoms with van der Waals surface area (Å²) in [5, 5.41) is 0. The fourth-order valence-electron chi connectivity index (χ4n) is 1.05. The van der Waals surface area contributed by atoms with Gasteiger partial charge in [0, 0.05) is 8.88 Å². The van der Waals surface area contributed by atoms with Gasteiger partial charge in [-0.3, -0.25) is 9.72 Å². The third kappa shape index (κ3) is 3.22. The maximum absolute atomic E-state index is 5.69. The molecule has 1 aromatic carbocycles. The molecule has 2 atom stereocenters. The number of rotatable bonds is 3. The Morgan fingerprint density at radius 1 is 1.13 bits per heavy atom. The molecule has 1 aliphatic rings. The highest BCUT2D eigenvalue weighted by Crippen LogP contribution is 2.39. The topological polar surface area (TPSA) is 45.8 Å². The summed E-state index contributed by atoms with van der Waals surface area (Å²) < 4.78 is 7.06. The number of hydrogen-bond donors (Lipinski definition) is 2. The Balaban J connectivity index is 2.02. The molecule has 15 heavy (non-hydrogen) atoms. The summed E-state index contributed by atoms with van der Waals surface area (Å²) >= 11 is 0. The number of ether oxygens (including phenoxy) is 1. The van der Waals surface area contributed by atoms with Crippen LogP contribution in [-0.4, -0.2) is 11.7 Å². The maximum atomic E-state index is 5.69. The van der Waals surface area contributed by atoms with Crippen LogP contribution in [0, 0.1) is 0 Å². The SMILES string of the molecule is COc1ccccc1ON1PNPNP1. The summed E-state index contributed by atoms with van der Waals surface area (Å²) in [5.41, 5.74) is 0. The van der Waals surface area contributed by atoms with Crippen LogP contribution in [0.15, 0.2) is 24.3 Å². The van der Waals surface area contributed by atoms with Crippen LogP contribution in [0.3, 0.4) is 0 Å². The highest BCUT2D eigenvalue weighted by Gasteiger charge is 2.13. The predicted octanol–water partition coefficient (Wildman–Crippen LogP) is 2.01. The molecule has 1 saturated heterocycles. The summed E-state index contributed by atoms with van der Waals surface area (Å²) in [7, 11) is 3.23. The van der Waals surface area contributed by atoms with Gasteiger partial charge in [0.05, 0.1) is 24.9 Å². The minimum Gasteiger partial charge on any atom is -0.493 e. The van der Waals surface area contributed by atoms with E-state index in [9.17, 15) is 0 Å². The summed E-state index contributed by atoms with van der Waals surface area (Å²) in [6.07, 6.45) is 0. The minimum atomic E-state index is 0.484. The van der Waals surface area contributed by atoms with Gasteiger partial charge in [-0.25, -0.2) is 0 Å². The van der Waals surface area contributed by atoms with E-state index in [0.717, 1.165) is 11.5 Å². The van der Waals surface area contributed by atoms with Crippen molar-refractivity contribution in [3.05, 3.63) is 24.3 Å². The van der Waals surface area contributed by atoms with Crippen LogP contribution in [0.2, 0.25) is 0 Å². The van der Waals surface area contributed by atoms with Crippen LogP contribution in [0.5, 0.6) is 11.5 Å². The zero-order valence-corrected chi connectivity index (χ0v) is 11.1. The van der Waals surface area contributed by atoms with Crippen molar-refractivity contribution in [1.29, 1.82) is 0 Å². The molecule has 5 nitrogen and oxygen atoms in total. The molecular weight excluding hydrogens is 251 g/mol. The molecule has 0 bridgehead atoms. The van der Waals surface area contributed by atoms with Gasteiger partial charge in [-0.05, 0) is 12.1 Å². The Morgan fingerprint density at radius 3 is 2.47 bits per heavy atom. The van der Waals surface area contributed by atoms with Crippen molar-refractivity contribution in [3.8, 4) is 11.5 Å². The highest BCUT2D eigenvalue weighted by atomic mass is 31.2. The van der Waals surface area contributed by atoms with Crippen molar-refractivity contribution in [2.45, 2.75) is 0 Å². The third-order valence-electron chi connectivity index (χ3n) is 1.70. The van der Waals surface area contributed by atoms with Gasteiger partial charge in [0.15, 0.2) is 11.5 Å². The van der Waals surface area contributed by atoms with Crippen molar-refractivity contribution in [1.82, 2.24) is 14.3 Å². The normalized spacial score (nSPS) is 22.2. The molecule has 1 fully saturated rings. The fraction of sp³-hybridized carbons (Fsp3) is 0.143. The van der Waals surface area contributed by atoms with Crippen LogP contribution in [0.1, 0.15) is 0 Å². The van der Waals surface area contributed by atoms with Crippen molar-refractivity contribution in [2.75, 3.05) is 7.11 Å². The van der Waals surface area contributed by atoms with Gasteiger partial charge in [-0.1, -0.05) is 16.7 Å². The average molecular weight is 263 g/mol. The van der Waals surface area contributed by atoms with Gasteiger partial charge >= 0.3 is 0 Å². The van der Waals surface area contributed by atoms with Crippen molar-refractivity contribution in [2.24, 2.45) is 0 Å². The van der Waals surface area contributed by atoms with Gasteiger partial charge in [0.1, 0.15) is 0 Å². The molecule has 2 rings (SSSR count). The van der Waals surface area contributed by atoms with E-state index in [1.807, 2.05) is 28.9 Å². The monoisotopic (exact) mass is 263 g/mol. The smallest absolute Gasteiger partial charge is 0.190 e. The maximum Gasteiger partial charge on any atom is 0.190 e. The first kappa shape index (κ1) is 11.5. The Labute approximate surface area is 93.9 Å². The molecular formula is C7H12N3O2P3. The molecule has 0 aliphatic carbocycles. The zero-order valence-electron chi connectivity index (χ0n) is 8.07. The van der Waals surface area contributed by atoms with E-state index in [4.69, 9.17) is 9.57 Å². The predicted molar refractivity (Wildman–Crippen MR) is 66.7 cm³/mol. The standard InChI is InChI=1S/C7H12N3O2P3/c1-11-6-4-2-3-5-7(6)12-10-14-8-13-9-15-10/h2-5,8-9,13-15H,1H3. The lowest BCUT2D eigenvalue weighted by Crippen LogP contribution is -2.19. The largest absolute Gasteiger partial charge is 0.493 e. The Kier molecular flexibility index (Phi) is 4.52. The third-order valence-corrected chi connectivity index (χ3v) is 4.85. The molecule has 0 radical (unpaired) electrons. The summed E-state index contributed by atoms with van der Waals surface area (Å²) in [5.74, 6) is 1.49. The zero-order chi connectivity index (χ0) is 10.5.